The number of rotatable bonds is 3. The van der Waals surface area contributed by atoms with E-state index in [0.29, 0.717) is 23.9 Å². The Kier molecular flexibility index (Phi) is 3.79. The average Bonchev–Trinajstić information content (AvgIpc) is 3.31. The molecule has 0 saturated carbocycles. The van der Waals surface area contributed by atoms with Crippen molar-refractivity contribution in [3.05, 3.63) is 41.0 Å². The molecule has 1 N–H and O–H groups in total. The molecule has 7 heteroatoms. The number of carbonyl (C=O) groups is 1. The minimum Gasteiger partial charge on any atom is -0.502 e. The third-order valence-corrected chi connectivity index (χ3v) is 5.89. The van der Waals surface area contributed by atoms with Crippen molar-refractivity contribution in [2.75, 3.05) is 27.6 Å². The fourth-order valence-corrected chi connectivity index (χ4v) is 4.60. The van der Waals surface area contributed by atoms with E-state index in [-0.39, 0.29) is 36.3 Å². The number of hydrogen-bond acceptors (Lipinski definition) is 7. The van der Waals surface area contributed by atoms with Gasteiger partial charge in [0.25, 0.3) is 0 Å². The Morgan fingerprint density at radius 2 is 1.68 bits per heavy atom. The fraction of sp³-hybridized carbons (Fsp3) is 0.381. The molecule has 2 aromatic rings. The van der Waals surface area contributed by atoms with Crippen LogP contribution in [0.1, 0.15) is 22.6 Å². The van der Waals surface area contributed by atoms with Crippen LogP contribution in [-0.4, -0.2) is 38.7 Å². The van der Waals surface area contributed by atoms with E-state index in [9.17, 15) is 9.90 Å². The highest BCUT2D eigenvalue weighted by Crippen LogP contribution is 2.52. The van der Waals surface area contributed by atoms with E-state index in [2.05, 4.69) is 0 Å². The van der Waals surface area contributed by atoms with Gasteiger partial charge in [-0.05, 0) is 47.4 Å². The SMILES string of the molecule is COc1cc([C@H]2c3cc4c(cc3CC3COC(=O)[C@H]32)OCO4)cc(OC)c1O. The van der Waals surface area contributed by atoms with Crippen LogP contribution in [0.5, 0.6) is 28.7 Å². The Hall–Kier alpha value is -3.09. The first-order valence-electron chi connectivity index (χ1n) is 9.14. The molecule has 5 rings (SSSR count). The summed E-state index contributed by atoms with van der Waals surface area (Å²) >= 11 is 0. The van der Waals surface area contributed by atoms with Crippen LogP contribution in [0.2, 0.25) is 0 Å². The molecule has 1 saturated heterocycles. The van der Waals surface area contributed by atoms with E-state index in [0.717, 1.165) is 28.9 Å². The maximum Gasteiger partial charge on any atom is 0.310 e. The van der Waals surface area contributed by atoms with Crippen LogP contribution >= 0.6 is 0 Å². The largest absolute Gasteiger partial charge is 0.502 e. The number of hydrogen-bond donors (Lipinski definition) is 1. The average molecular weight is 384 g/mol. The summed E-state index contributed by atoms with van der Waals surface area (Å²) in [6.07, 6.45) is 0.741. The van der Waals surface area contributed by atoms with Gasteiger partial charge in [0.15, 0.2) is 23.0 Å². The molecular formula is C21H20O7. The number of benzene rings is 2. The van der Waals surface area contributed by atoms with E-state index < -0.39 is 0 Å². The van der Waals surface area contributed by atoms with Gasteiger partial charge in [0.05, 0.1) is 26.7 Å². The van der Waals surface area contributed by atoms with Crippen molar-refractivity contribution in [3.8, 4) is 28.7 Å². The third kappa shape index (κ3) is 2.38. The monoisotopic (exact) mass is 384 g/mol. The molecular weight excluding hydrogens is 364 g/mol. The van der Waals surface area contributed by atoms with Gasteiger partial charge in [0.1, 0.15) is 0 Å². The van der Waals surface area contributed by atoms with Crippen molar-refractivity contribution < 1.29 is 33.6 Å². The van der Waals surface area contributed by atoms with Crippen molar-refractivity contribution in [2.45, 2.75) is 12.3 Å². The highest BCUT2D eigenvalue weighted by atomic mass is 16.7. The van der Waals surface area contributed by atoms with Gasteiger partial charge >= 0.3 is 5.97 Å². The summed E-state index contributed by atoms with van der Waals surface area (Å²) in [5.74, 6) is 1.22. The summed E-state index contributed by atoms with van der Waals surface area (Å²) in [5.41, 5.74) is 2.93. The predicted octanol–water partition coefficient (Wildman–Crippen LogP) is 2.62. The molecule has 2 heterocycles. The Morgan fingerprint density at radius 1 is 1.00 bits per heavy atom. The molecule has 0 amide bonds. The molecule has 28 heavy (non-hydrogen) atoms. The van der Waals surface area contributed by atoms with Gasteiger partial charge < -0.3 is 28.8 Å². The molecule has 146 valence electrons. The first kappa shape index (κ1) is 17.0. The molecule has 2 aromatic carbocycles. The van der Waals surface area contributed by atoms with Crippen molar-refractivity contribution in [1.29, 1.82) is 0 Å². The predicted molar refractivity (Wildman–Crippen MR) is 97.3 cm³/mol. The maximum absolute atomic E-state index is 12.6. The van der Waals surface area contributed by atoms with Crippen LogP contribution in [-0.2, 0) is 16.0 Å². The van der Waals surface area contributed by atoms with E-state index in [1.165, 1.54) is 14.2 Å². The van der Waals surface area contributed by atoms with Gasteiger partial charge in [-0.3, -0.25) is 4.79 Å². The summed E-state index contributed by atoms with van der Waals surface area (Å²) in [6, 6.07) is 7.46. The van der Waals surface area contributed by atoms with Crippen LogP contribution in [0.3, 0.4) is 0 Å². The minimum absolute atomic E-state index is 0.0685. The van der Waals surface area contributed by atoms with Crippen molar-refractivity contribution in [1.82, 2.24) is 0 Å². The highest BCUT2D eigenvalue weighted by molar-refractivity contribution is 5.78. The van der Waals surface area contributed by atoms with Crippen LogP contribution in [0.25, 0.3) is 0 Å². The number of carbonyl (C=O) groups excluding carboxylic acids is 1. The third-order valence-electron chi connectivity index (χ3n) is 5.89. The van der Waals surface area contributed by atoms with Crippen LogP contribution in [0.15, 0.2) is 24.3 Å². The van der Waals surface area contributed by atoms with E-state index in [4.69, 9.17) is 23.7 Å². The smallest absolute Gasteiger partial charge is 0.310 e. The van der Waals surface area contributed by atoms with Gasteiger partial charge in [-0.2, -0.15) is 0 Å². The summed E-state index contributed by atoms with van der Waals surface area (Å²) < 4.78 is 27.2. The van der Waals surface area contributed by atoms with E-state index in [1.54, 1.807) is 12.1 Å². The summed E-state index contributed by atoms with van der Waals surface area (Å²) in [6.45, 7) is 0.596. The van der Waals surface area contributed by atoms with E-state index in [1.807, 2.05) is 12.1 Å². The lowest BCUT2D eigenvalue weighted by Crippen LogP contribution is -2.31. The van der Waals surface area contributed by atoms with Gasteiger partial charge in [0.2, 0.25) is 12.5 Å². The molecule has 3 atom stereocenters. The molecule has 0 bridgehead atoms. The normalized spacial score (nSPS) is 24.4. The molecule has 1 unspecified atom stereocenters. The summed E-state index contributed by atoms with van der Waals surface area (Å²) in [4.78, 5) is 12.6. The van der Waals surface area contributed by atoms with Gasteiger partial charge in [-0.25, -0.2) is 0 Å². The van der Waals surface area contributed by atoms with Crippen molar-refractivity contribution >= 4 is 5.97 Å². The summed E-state index contributed by atoms with van der Waals surface area (Å²) in [7, 11) is 2.97. The highest BCUT2D eigenvalue weighted by Gasteiger charge is 2.48. The zero-order valence-electron chi connectivity index (χ0n) is 15.6. The van der Waals surface area contributed by atoms with Crippen LogP contribution in [0, 0.1) is 11.8 Å². The lowest BCUT2D eigenvalue weighted by molar-refractivity contribution is -0.141. The second-order valence-electron chi connectivity index (χ2n) is 7.28. The molecule has 3 aliphatic rings. The molecule has 0 spiro atoms. The Labute approximate surface area is 161 Å². The Balaban J connectivity index is 1.72. The molecule has 0 radical (unpaired) electrons. The standard InChI is InChI=1S/C21H20O7/c1-24-16-5-11(6-17(25-2)20(16)22)18-13-7-15-14(27-9-28-15)4-10(13)3-12-8-26-21(23)19(12)18/h4-7,12,18-19,22H,3,8-9H2,1-2H3/t12?,18-,19+/m0/s1. The van der Waals surface area contributed by atoms with Gasteiger partial charge in [-0.1, -0.05) is 0 Å². The molecule has 0 aromatic heterocycles. The second-order valence-corrected chi connectivity index (χ2v) is 7.28. The lowest BCUT2D eigenvalue weighted by Gasteiger charge is -2.33. The molecule has 7 nitrogen and oxygen atoms in total. The van der Waals surface area contributed by atoms with Crippen molar-refractivity contribution in [3.63, 3.8) is 0 Å². The molecule has 1 aliphatic carbocycles. The molecule has 2 aliphatic heterocycles. The number of cyclic esters (lactones) is 1. The van der Waals surface area contributed by atoms with Crippen LogP contribution < -0.4 is 18.9 Å². The zero-order chi connectivity index (χ0) is 19.4. The van der Waals surface area contributed by atoms with E-state index >= 15 is 0 Å². The number of aromatic hydroxyl groups is 1. The first-order valence-corrected chi connectivity index (χ1v) is 9.14. The number of fused-ring (bicyclic) bond motifs is 3. The van der Waals surface area contributed by atoms with Crippen molar-refractivity contribution in [2.24, 2.45) is 11.8 Å². The fourth-order valence-electron chi connectivity index (χ4n) is 4.60. The van der Waals surface area contributed by atoms with Gasteiger partial charge in [0, 0.05) is 11.8 Å². The minimum atomic E-state index is -0.313. The number of phenols is 1. The number of esters is 1. The number of ether oxygens (including phenoxy) is 5. The summed E-state index contributed by atoms with van der Waals surface area (Å²) in [5, 5.41) is 10.3. The van der Waals surface area contributed by atoms with Gasteiger partial charge in [-0.15, -0.1) is 0 Å². The van der Waals surface area contributed by atoms with Crippen LogP contribution in [0.4, 0.5) is 0 Å². The lowest BCUT2D eigenvalue weighted by atomic mass is 9.67. The maximum atomic E-state index is 12.6. The number of methoxy groups -OCH3 is 2. The Bertz CT molecular complexity index is 942. The Morgan fingerprint density at radius 3 is 2.36 bits per heavy atom. The first-order chi connectivity index (χ1) is 13.6. The zero-order valence-corrected chi connectivity index (χ0v) is 15.6. The molecule has 1 fully saturated rings. The second kappa shape index (κ2) is 6.22. The number of phenolic OH excluding ortho intramolecular Hbond substituents is 1. The quantitative estimate of drug-likeness (QED) is 0.815. The topological polar surface area (TPSA) is 83.5 Å².